The maximum absolute atomic E-state index is 12.9. The van der Waals surface area contributed by atoms with Crippen molar-refractivity contribution in [2.45, 2.75) is 44.0 Å². The van der Waals surface area contributed by atoms with Gasteiger partial charge in [-0.05, 0) is 86.1 Å². The van der Waals surface area contributed by atoms with Gasteiger partial charge < -0.3 is 4.90 Å². The summed E-state index contributed by atoms with van der Waals surface area (Å²) in [7, 11) is -3.58. The molecule has 0 aromatic heterocycles. The second-order valence-corrected chi connectivity index (χ2v) is 11.0. The summed E-state index contributed by atoms with van der Waals surface area (Å²) in [6, 6.07) is 13.0. The number of piperidine rings is 1. The highest BCUT2D eigenvalue weighted by Gasteiger charge is 2.25. The number of rotatable bonds is 6. The van der Waals surface area contributed by atoms with Crippen LogP contribution in [0, 0.1) is 5.92 Å². The third kappa shape index (κ3) is 5.52. The molecule has 2 aromatic rings. The van der Waals surface area contributed by atoms with E-state index in [1.54, 1.807) is 30.0 Å². The zero-order chi connectivity index (χ0) is 22.7. The van der Waals surface area contributed by atoms with Crippen molar-refractivity contribution in [1.82, 2.24) is 9.62 Å². The molecule has 0 bridgehead atoms. The van der Waals surface area contributed by atoms with Crippen LogP contribution in [-0.2, 0) is 27.8 Å². The number of carbonyl (C=O) groups is 1. The predicted molar refractivity (Wildman–Crippen MR) is 127 cm³/mol. The van der Waals surface area contributed by atoms with Gasteiger partial charge in [-0.1, -0.05) is 23.7 Å². The Kier molecular flexibility index (Phi) is 7.20. The molecule has 1 saturated heterocycles. The molecule has 2 aliphatic heterocycles. The van der Waals surface area contributed by atoms with Gasteiger partial charge in [0.25, 0.3) is 0 Å². The Morgan fingerprint density at radius 3 is 2.50 bits per heavy atom. The number of hydrogen-bond acceptors (Lipinski definition) is 4. The Morgan fingerprint density at radius 1 is 1.09 bits per heavy atom. The van der Waals surface area contributed by atoms with E-state index in [1.807, 2.05) is 12.1 Å². The zero-order valence-electron chi connectivity index (χ0n) is 18.4. The first-order valence-corrected chi connectivity index (χ1v) is 13.1. The summed E-state index contributed by atoms with van der Waals surface area (Å²) in [5, 5.41) is 0.745. The van der Waals surface area contributed by atoms with Gasteiger partial charge in [0.05, 0.1) is 4.90 Å². The molecule has 2 heterocycles. The average Bonchev–Trinajstić information content (AvgIpc) is 2.79. The van der Waals surface area contributed by atoms with Crippen molar-refractivity contribution in [3.8, 4) is 0 Å². The fraction of sp³-hybridized carbons (Fsp3) is 0.458. The summed E-state index contributed by atoms with van der Waals surface area (Å²) in [4.78, 5) is 16.2. The largest absolute Gasteiger partial charge is 0.312 e. The summed E-state index contributed by atoms with van der Waals surface area (Å²) in [5.74, 6) is 0.319. The number of carbonyl (C=O) groups excluding carboxylic acids is 1. The minimum absolute atomic E-state index is 0.0120. The van der Waals surface area contributed by atoms with Gasteiger partial charge in [0, 0.05) is 37.3 Å². The Hall–Kier alpha value is -1.93. The Labute approximate surface area is 195 Å². The molecule has 0 radical (unpaired) electrons. The van der Waals surface area contributed by atoms with Crippen molar-refractivity contribution < 1.29 is 13.2 Å². The van der Waals surface area contributed by atoms with Gasteiger partial charge in [-0.3, -0.25) is 9.69 Å². The molecule has 4 rings (SSSR count). The quantitative estimate of drug-likeness (QED) is 0.689. The molecule has 2 aromatic carbocycles. The molecule has 1 N–H and O–H groups in total. The molecule has 6 nitrogen and oxygen atoms in total. The van der Waals surface area contributed by atoms with E-state index < -0.39 is 10.0 Å². The number of amides is 1. The van der Waals surface area contributed by atoms with Crippen LogP contribution in [0.4, 0.5) is 5.69 Å². The Bertz CT molecular complexity index is 1060. The summed E-state index contributed by atoms with van der Waals surface area (Å²) >= 11 is 5.96. The molecular formula is C24H30ClN3O3S. The maximum Gasteiger partial charge on any atom is 0.240 e. The Balaban J connectivity index is 1.31. The molecule has 0 atom stereocenters. The van der Waals surface area contributed by atoms with Crippen molar-refractivity contribution in [2.24, 2.45) is 5.92 Å². The van der Waals surface area contributed by atoms with E-state index in [0.29, 0.717) is 19.0 Å². The molecule has 0 saturated carbocycles. The first kappa shape index (κ1) is 23.2. The lowest BCUT2D eigenvalue weighted by atomic mass is 9.97. The minimum atomic E-state index is -3.58. The van der Waals surface area contributed by atoms with Gasteiger partial charge in [-0.2, -0.15) is 0 Å². The topological polar surface area (TPSA) is 69.7 Å². The Morgan fingerprint density at radius 2 is 1.81 bits per heavy atom. The fourth-order valence-electron chi connectivity index (χ4n) is 4.58. The molecule has 8 heteroatoms. The van der Waals surface area contributed by atoms with E-state index in [-0.39, 0.29) is 10.8 Å². The number of anilines is 1. The normalized spacial score (nSPS) is 17.9. The number of nitrogens with zero attached hydrogens (tertiary/aromatic N) is 2. The summed E-state index contributed by atoms with van der Waals surface area (Å²) < 4.78 is 28.6. The van der Waals surface area contributed by atoms with E-state index in [2.05, 4.69) is 21.8 Å². The van der Waals surface area contributed by atoms with Gasteiger partial charge in [0.2, 0.25) is 15.9 Å². The number of halogens is 1. The molecule has 0 unspecified atom stereocenters. The molecular weight excluding hydrogens is 446 g/mol. The van der Waals surface area contributed by atoms with Crippen LogP contribution in [0.25, 0.3) is 0 Å². The van der Waals surface area contributed by atoms with E-state index >= 15 is 0 Å². The van der Waals surface area contributed by atoms with Crippen LogP contribution >= 0.6 is 11.6 Å². The number of hydrogen-bond donors (Lipinski definition) is 1. The van der Waals surface area contributed by atoms with Crippen molar-refractivity contribution in [2.75, 3.05) is 31.1 Å². The lowest BCUT2D eigenvalue weighted by Gasteiger charge is -2.32. The van der Waals surface area contributed by atoms with Crippen LogP contribution in [0.3, 0.4) is 0 Å². The third-order valence-corrected chi connectivity index (χ3v) is 8.12. The van der Waals surface area contributed by atoms with Crippen molar-refractivity contribution >= 4 is 33.2 Å². The first-order chi connectivity index (χ1) is 15.3. The monoisotopic (exact) mass is 475 g/mol. The molecule has 2 aliphatic rings. The second-order valence-electron chi connectivity index (χ2n) is 8.76. The lowest BCUT2D eigenvalue weighted by molar-refractivity contribution is -0.116. The highest BCUT2D eigenvalue weighted by atomic mass is 35.5. The van der Waals surface area contributed by atoms with Crippen LogP contribution in [0.5, 0.6) is 0 Å². The van der Waals surface area contributed by atoms with Crippen molar-refractivity contribution in [1.29, 1.82) is 0 Å². The summed E-state index contributed by atoms with van der Waals surface area (Å²) in [5.41, 5.74) is 2.99. The maximum atomic E-state index is 12.9. The number of likely N-dealkylation sites (tertiary alicyclic amines) is 1. The number of nitrogens with one attached hydrogen (secondary N) is 1. The minimum Gasteiger partial charge on any atom is -0.312 e. The molecule has 1 amide bonds. The molecule has 32 heavy (non-hydrogen) atoms. The van der Waals surface area contributed by atoms with Crippen LogP contribution < -0.4 is 9.62 Å². The number of fused-ring (bicyclic) bond motifs is 1. The van der Waals surface area contributed by atoms with E-state index in [9.17, 15) is 13.2 Å². The lowest BCUT2D eigenvalue weighted by Crippen LogP contribution is -2.38. The van der Waals surface area contributed by atoms with Gasteiger partial charge in [0.15, 0.2) is 0 Å². The number of sulfonamides is 1. The average molecular weight is 476 g/mol. The summed E-state index contributed by atoms with van der Waals surface area (Å²) in [6.45, 7) is 5.48. The van der Waals surface area contributed by atoms with Crippen LogP contribution in [0.15, 0.2) is 47.4 Å². The van der Waals surface area contributed by atoms with E-state index in [1.165, 1.54) is 5.56 Å². The SMILES string of the molecule is CC(=O)N1CCCc2cc(S(=O)(=O)NCC3CCN(Cc4ccc(Cl)cc4)CC3)ccc21. The molecule has 0 spiro atoms. The highest BCUT2D eigenvalue weighted by molar-refractivity contribution is 7.89. The zero-order valence-corrected chi connectivity index (χ0v) is 20.0. The van der Waals surface area contributed by atoms with Crippen LogP contribution in [0.2, 0.25) is 5.02 Å². The van der Waals surface area contributed by atoms with Gasteiger partial charge in [0.1, 0.15) is 0 Å². The summed E-state index contributed by atoms with van der Waals surface area (Å²) in [6.07, 6.45) is 3.56. The van der Waals surface area contributed by atoms with E-state index in [0.717, 1.165) is 61.6 Å². The molecule has 1 fully saturated rings. The van der Waals surface area contributed by atoms with Crippen molar-refractivity contribution in [3.05, 3.63) is 58.6 Å². The molecule has 172 valence electrons. The van der Waals surface area contributed by atoms with Crippen molar-refractivity contribution in [3.63, 3.8) is 0 Å². The molecule has 0 aliphatic carbocycles. The third-order valence-electron chi connectivity index (χ3n) is 6.45. The van der Waals surface area contributed by atoms with Crippen LogP contribution in [0.1, 0.15) is 37.3 Å². The number of benzene rings is 2. The number of aryl methyl sites for hydroxylation is 1. The predicted octanol–water partition coefficient (Wildman–Crippen LogP) is 3.83. The van der Waals surface area contributed by atoms with Gasteiger partial charge in [-0.15, -0.1) is 0 Å². The second kappa shape index (κ2) is 9.91. The standard InChI is InChI=1S/C24H30ClN3O3S/c1-18(29)28-12-2-3-21-15-23(8-9-24(21)28)32(30,31)26-16-19-10-13-27(14-11-19)17-20-4-6-22(25)7-5-20/h4-9,15,19,26H,2-3,10-14,16-17H2,1H3. The smallest absolute Gasteiger partial charge is 0.240 e. The van der Waals surface area contributed by atoms with Gasteiger partial charge in [-0.25, -0.2) is 13.1 Å². The fourth-order valence-corrected chi connectivity index (χ4v) is 5.87. The van der Waals surface area contributed by atoms with E-state index in [4.69, 9.17) is 11.6 Å². The van der Waals surface area contributed by atoms with Crippen LogP contribution in [-0.4, -0.2) is 45.4 Å². The highest BCUT2D eigenvalue weighted by Crippen LogP contribution is 2.29. The van der Waals surface area contributed by atoms with Gasteiger partial charge >= 0.3 is 0 Å². The first-order valence-electron chi connectivity index (χ1n) is 11.2.